The fourth-order valence-electron chi connectivity index (χ4n) is 2.64. The van der Waals surface area contributed by atoms with Crippen LogP contribution in [-0.2, 0) is 4.74 Å². The van der Waals surface area contributed by atoms with E-state index < -0.39 is 0 Å². The summed E-state index contributed by atoms with van der Waals surface area (Å²) in [5, 5.41) is 3.45. The topological polar surface area (TPSA) is 21.3 Å². The van der Waals surface area contributed by atoms with E-state index in [1.165, 1.54) is 19.3 Å². The highest BCUT2D eigenvalue weighted by Gasteiger charge is 2.50. The van der Waals surface area contributed by atoms with Crippen molar-refractivity contribution in [3.05, 3.63) is 0 Å². The molecule has 12 heavy (non-hydrogen) atoms. The summed E-state index contributed by atoms with van der Waals surface area (Å²) < 4.78 is 5.98. The summed E-state index contributed by atoms with van der Waals surface area (Å²) in [6.07, 6.45) is 3.89. The first-order valence-electron chi connectivity index (χ1n) is 5.01. The van der Waals surface area contributed by atoms with E-state index in [4.69, 9.17) is 4.74 Å². The predicted molar refractivity (Wildman–Crippen MR) is 49.2 cm³/mol. The number of hydrogen-bond acceptors (Lipinski definition) is 2. The lowest BCUT2D eigenvalue weighted by Crippen LogP contribution is -2.55. The smallest absolute Gasteiger partial charge is 0.0857 e. The van der Waals surface area contributed by atoms with Gasteiger partial charge in [-0.2, -0.15) is 0 Å². The average Bonchev–Trinajstić information content (AvgIpc) is 2.30. The number of rotatable bonds is 0. The monoisotopic (exact) mass is 169 g/mol. The van der Waals surface area contributed by atoms with Gasteiger partial charge in [-0.3, -0.25) is 0 Å². The van der Waals surface area contributed by atoms with Crippen LogP contribution >= 0.6 is 0 Å². The molecule has 1 spiro atoms. The summed E-state index contributed by atoms with van der Waals surface area (Å²) in [5.41, 5.74) is 0.533. The van der Waals surface area contributed by atoms with Gasteiger partial charge >= 0.3 is 0 Å². The second-order valence-corrected chi connectivity index (χ2v) is 4.76. The standard InChI is InChI=1S/C10H19NO/c1-9(2)4-3-5-10(9)8-11-6-7-12-10/h11H,3-8H2,1-2H3. The van der Waals surface area contributed by atoms with E-state index in [1.54, 1.807) is 0 Å². The number of morpholine rings is 1. The molecule has 0 bridgehead atoms. The van der Waals surface area contributed by atoms with Crippen LogP contribution in [0.15, 0.2) is 0 Å². The van der Waals surface area contributed by atoms with Crippen molar-refractivity contribution in [3.8, 4) is 0 Å². The van der Waals surface area contributed by atoms with Crippen LogP contribution < -0.4 is 5.32 Å². The molecule has 0 aromatic rings. The van der Waals surface area contributed by atoms with Gasteiger partial charge in [0.15, 0.2) is 0 Å². The van der Waals surface area contributed by atoms with Crippen LogP contribution in [0.3, 0.4) is 0 Å². The summed E-state index contributed by atoms with van der Waals surface area (Å²) in [7, 11) is 0. The molecule has 1 aliphatic heterocycles. The van der Waals surface area contributed by atoms with Gasteiger partial charge in [0.1, 0.15) is 0 Å². The largest absolute Gasteiger partial charge is 0.372 e. The zero-order chi connectivity index (χ0) is 8.66. The minimum Gasteiger partial charge on any atom is -0.372 e. The molecule has 70 valence electrons. The lowest BCUT2D eigenvalue weighted by Gasteiger charge is -2.44. The molecule has 2 fully saturated rings. The van der Waals surface area contributed by atoms with Crippen molar-refractivity contribution in [2.75, 3.05) is 19.7 Å². The Morgan fingerprint density at radius 1 is 1.25 bits per heavy atom. The Labute approximate surface area is 74.7 Å². The molecule has 1 unspecified atom stereocenters. The molecule has 0 aromatic heterocycles. The molecular formula is C10H19NO. The Bertz CT molecular complexity index is 171. The Morgan fingerprint density at radius 3 is 2.58 bits per heavy atom. The van der Waals surface area contributed by atoms with Crippen molar-refractivity contribution >= 4 is 0 Å². The highest BCUT2D eigenvalue weighted by atomic mass is 16.5. The van der Waals surface area contributed by atoms with E-state index >= 15 is 0 Å². The second kappa shape index (κ2) is 2.71. The predicted octanol–water partition coefficient (Wildman–Crippen LogP) is 1.56. The number of nitrogens with one attached hydrogen (secondary N) is 1. The summed E-state index contributed by atoms with van der Waals surface area (Å²) in [5.74, 6) is 0. The Morgan fingerprint density at radius 2 is 2.08 bits per heavy atom. The Kier molecular flexibility index (Phi) is 1.92. The van der Waals surface area contributed by atoms with Crippen molar-refractivity contribution in [2.24, 2.45) is 5.41 Å². The van der Waals surface area contributed by atoms with Crippen molar-refractivity contribution in [3.63, 3.8) is 0 Å². The fourth-order valence-corrected chi connectivity index (χ4v) is 2.64. The maximum absolute atomic E-state index is 5.98. The van der Waals surface area contributed by atoms with Crippen LogP contribution in [0, 0.1) is 5.41 Å². The minimum atomic E-state index is 0.158. The van der Waals surface area contributed by atoms with Gasteiger partial charge in [-0.1, -0.05) is 13.8 Å². The van der Waals surface area contributed by atoms with E-state index in [1.807, 2.05) is 0 Å². The van der Waals surface area contributed by atoms with Crippen LogP contribution in [0.5, 0.6) is 0 Å². The molecule has 1 aliphatic carbocycles. The molecule has 2 heteroatoms. The fraction of sp³-hybridized carbons (Fsp3) is 1.00. The summed E-state index contributed by atoms with van der Waals surface area (Å²) in [6.45, 7) is 7.65. The second-order valence-electron chi connectivity index (χ2n) is 4.76. The lowest BCUT2D eigenvalue weighted by molar-refractivity contribution is -0.121. The first kappa shape index (κ1) is 8.52. The highest BCUT2D eigenvalue weighted by Crippen LogP contribution is 2.48. The summed E-state index contributed by atoms with van der Waals surface area (Å²) in [6, 6.07) is 0. The zero-order valence-corrected chi connectivity index (χ0v) is 8.15. The van der Waals surface area contributed by atoms with E-state index in [2.05, 4.69) is 19.2 Å². The normalized spacial score (nSPS) is 40.5. The van der Waals surface area contributed by atoms with Gasteiger partial charge in [-0.25, -0.2) is 0 Å². The number of ether oxygens (including phenoxy) is 1. The first-order valence-corrected chi connectivity index (χ1v) is 5.01. The molecule has 1 N–H and O–H groups in total. The molecule has 0 radical (unpaired) electrons. The molecule has 2 nitrogen and oxygen atoms in total. The Balaban J connectivity index is 2.17. The lowest BCUT2D eigenvalue weighted by atomic mass is 9.77. The van der Waals surface area contributed by atoms with Gasteiger partial charge in [0.05, 0.1) is 12.2 Å². The van der Waals surface area contributed by atoms with Crippen molar-refractivity contribution < 1.29 is 4.74 Å². The maximum Gasteiger partial charge on any atom is 0.0857 e. The molecule has 0 aromatic carbocycles. The Hall–Kier alpha value is -0.0800. The zero-order valence-electron chi connectivity index (χ0n) is 8.15. The molecule has 0 amide bonds. The maximum atomic E-state index is 5.98. The minimum absolute atomic E-state index is 0.158. The first-order chi connectivity index (χ1) is 5.66. The summed E-state index contributed by atoms with van der Waals surface area (Å²) in [4.78, 5) is 0. The van der Waals surface area contributed by atoms with Crippen molar-refractivity contribution in [1.82, 2.24) is 5.32 Å². The van der Waals surface area contributed by atoms with Crippen LogP contribution in [0.4, 0.5) is 0 Å². The van der Waals surface area contributed by atoms with Gasteiger partial charge in [-0.15, -0.1) is 0 Å². The van der Waals surface area contributed by atoms with Crippen LogP contribution in [0.25, 0.3) is 0 Å². The molecule has 1 heterocycles. The molecular weight excluding hydrogens is 150 g/mol. The van der Waals surface area contributed by atoms with Gasteiger partial charge < -0.3 is 10.1 Å². The third kappa shape index (κ3) is 1.09. The highest BCUT2D eigenvalue weighted by molar-refractivity contribution is 5.02. The van der Waals surface area contributed by atoms with Gasteiger partial charge in [-0.05, 0) is 24.7 Å². The molecule has 1 saturated heterocycles. The van der Waals surface area contributed by atoms with Gasteiger partial charge in [0, 0.05) is 13.1 Å². The van der Waals surface area contributed by atoms with Gasteiger partial charge in [0.2, 0.25) is 0 Å². The van der Waals surface area contributed by atoms with Crippen molar-refractivity contribution in [1.29, 1.82) is 0 Å². The van der Waals surface area contributed by atoms with Gasteiger partial charge in [0.25, 0.3) is 0 Å². The summed E-state index contributed by atoms with van der Waals surface area (Å²) >= 11 is 0. The van der Waals surface area contributed by atoms with Crippen molar-refractivity contribution in [2.45, 2.75) is 38.7 Å². The molecule has 1 saturated carbocycles. The molecule has 2 aliphatic rings. The molecule has 2 rings (SSSR count). The average molecular weight is 169 g/mol. The van der Waals surface area contributed by atoms with E-state index in [0.717, 1.165) is 19.7 Å². The third-order valence-electron chi connectivity index (χ3n) is 3.68. The third-order valence-corrected chi connectivity index (χ3v) is 3.68. The van der Waals surface area contributed by atoms with E-state index in [-0.39, 0.29) is 5.60 Å². The van der Waals surface area contributed by atoms with E-state index in [9.17, 15) is 0 Å². The van der Waals surface area contributed by atoms with Crippen LogP contribution in [-0.4, -0.2) is 25.3 Å². The number of hydrogen-bond donors (Lipinski definition) is 1. The van der Waals surface area contributed by atoms with Crippen LogP contribution in [0.1, 0.15) is 33.1 Å². The van der Waals surface area contributed by atoms with E-state index in [0.29, 0.717) is 5.41 Å². The van der Waals surface area contributed by atoms with Crippen LogP contribution in [0.2, 0.25) is 0 Å². The quantitative estimate of drug-likeness (QED) is 0.594. The molecule has 1 atom stereocenters. The SMILES string of the molecule is CC1(C)CCCC12CNCCO2.